The smallest absolute Gasteiger partial charge is 0.409 e. The number of methoxy groups -OCH3 is 1. The second-order valence-corrected chi connectivity index (χ2v) is 9.64. The predicted octanol–water partition coefficient (Wildman–Crippen LogP) is 2.46. The first-order valence-electron chi connectivity index (χ1n) is 10.6. The van der Waals surface area contributed by atoms with Gasteiger partial charge in [-0.05, 0) is 25.1 Å². The Morgan fingerprint density at radius 1 is 1.15 bits per heavy atom. The molecule has 1 fully saturated rings. The van der Waals surface area contributed by atoms with Gasteiger partial charge < -0.3 is 23.8 Å². The molecule has 180 valence electrons. The minimum Gasteiger partial charge on any atom is -0.450 e. The molecular weight excluding hydrogens is 488 g/mol. The normalized spacial score (nSPS) is 14.7. The monoisotopic (exact) mass is 514 g/mol. The maximum Gasteiger partial charge on any atom is 0.409 e. The van der Waals surface area contributed by atoms with Crippen LogP contribution >= 0.6 is 34.7 Å². The maximum atomic E-state index is 12.5. The van der Waals surface area contributed by atoms with Crippen molar-refractivity contribution in [2.45, 2.75) is 13.5 Å². The van der Waals surface area contributed by atoms with Crippen molar-refractivity contribution in [2.24, 2.45) is 4.99 Å². The summed E-state index contributed by atoms with van der Waals surface area (Å²) in [6.07, 6.45) is -0.350. The number of piperazine rings is 1. The van der Waals surface area contributed by atoms with Crippen LogP contribution in [0.3, 0.4) is 0 Å². The van der Waals surface area contributed by atoms with Crippen LogP contribution < -0.4 is 4.80 Å². The van der Waals surface area contributed by atoms with Gasteiger partial charge in [0.05, 0.1) is 34.9 Å². The molecule has 9 nitrogen and oxygen atoms in total. The van der Waals surface area contributed by atoms with Gasteiger partial charge in [-0.15, -0.1) is 11.8 Å². The Kier molecular flexibility index (Phi) is 9.60. The molecule has 0 spiro atoms. The van der Waals surface area contributed by atoms with E-state index in [1.54, 1.807) is 29.9 Å². The van der Waals surface area contributed by atoms with Gasteiger partial charge in [-0.25, -0.2) is 4.79 Å². The highest BCUT2D eigenvalue weighted by Crippen LogP contribution is 2.22. The summed E-state index contributed by atoms with van der Waals surface area (Å²) in [6, 6.07) is 5.56. The summed E-state index contributed by atoms with van der Waals surface area (Å²) in [5.41, 5.74) is 0.942. The Morgan fingerprint density at radius 2 is 1.88 bits per heavy atom. The molecule has 0 saturated carbocycles. The second-order valence-electron chi connectivity index (χ2n) is 7.21. The lowest BCUT2D eigenvalue weighted by Gasteiger charge is -2.34. The van der Waals surface area contributed by atoms with Crippen molar-refractivity contribution in [1.29, 1.82) is 0 Å². The molecule has 2 heterocycles. The Balaban J connectivity index is 1.54. The summed E-state index contributed by atoms with van der Waals surface area (Å²) in [5, 5.41) is 0.623. The molecule has 2 aromatic rings. The lowest BCUT2D eigenvalue weighted by atomic mass is 10.3. The summed E-state index contributed by atoms with van der Waals surface area (Å²) >= 11 is 8.73. The molecule has 1 aromatic carbocycles. The van der Waals surface area contributed by atoms with Crippen LogP contribution in [-0.4, -0.2) is 90.3 Å². The summed E-state index contributed by atoms with van der Waals surface area (Å²) in [6.45, 7) is 4.95. The number of benzene rings is 1. The van der Waals surface area contributed by atoms with Gasteiger partial charge in [-0.1, -0.05) is 22.9 Å². The molecule has 0 aliphatic carbocycles. The fraction of sp³-hybridized carbons (Fsp3) is 0.524. The number of hydrogen-bond acceptors (Lipinski definition) is 7. The molecule has 1 aliphatic rings. The largest absolute Gasteiger partial charge is 0.450 e. The molecule has 3 amide bonds. The molecule has 0 atom stereocenters. The molecule has 3 rings (SSSR count). The molecule has 0 unspecified atom stereocenters. The quantitative estimate of drug-likeness (QED) is 0.537. The van der Waals surface area contributed by atoms with Crippen LogP contribution in [-0.2, 0) is 25.6 Å². The highest BCUT2D eigenvalue weighted by molar-refractivity contribution is 8.00. The van der Waals surface area contributed by atoms with E-state index in [0.717, 1.165) is 10.2 Å². The first-order valence-corrected chi connectivity index (χ1v) is 12.9. The van der Waals surface area contributed by atoms with E-state index in [-0.39, 0.29) is 29.4 Å². The SMILES string of the molecule is CCOC(=O)N1CCN(C(=O)CSCC(=O)N=c2sc3cc(Cl)ccc3n2CCOC)CC1. The van der Waals surface area contributed by atoms with Crippen LogP contribution in [0, 0.1) is 0 Å². The van der Waals surface area contributed by atoms with Crippen molar-refractivity contribution in [3.8, 4) is 0 Å². The standard InChI is InChI=1S/C21H27ClN4O5S2/c1-3-31-21(29)25-8-6-24(7-9-25)19(28)14-32-13-18(27)23-20-26(10-11-30-2)16-5-4-15(22)12-17(16)33-20/h4-5,12H,3,6-11,13-14H2,1-2H3. The van der Waals surface area contributed by atoms with Crippen LogP contribution in [0.5, 0.6) is 0 Å². The molecule has 1 aromatic heterocycles. The number of fused-ring (bicyclic) bond motifs is 1. The van der Waals surface area contributed by atoms with Gasteiger partial charge in [0.25, 0.3) is 5.91 Å². The Hall–Kier alpha value is -2.08. The summed E-state index contributed by atoms with van der Waals surface area (Å²) in [4.78, 5) is 44.9. The molecule has 0 N–H and O–H groups in total. The summed E-state index contributed by atoms with van der Waals surface area (Å²) < 4.78 is 13.1. The molecule has 33 heavy (non-hydrogen) atoms. The minimum absolute atomic E-state index is 0.0528. The van der Waals surface area contributed by atoms with Gasteiger partial charge >= 0.3 is 6.09 Å². The highest BCUT2D eigenvalue weighted by Gasteiger charge is 2.24. The third-order valence-electron chi connectivity index (χ3n) is 4.99. The average molecular weight is 515 g/mol. The van der Waals surface area contributed by atoms with Crippen LogP contribution in [0.1, 0.15) is 6.92 Å². The van der Waals surface area contributed by atoms with Crippen LogP contribution in [0.2, 0.25) is 5.02 Å². The highest BCUT2D eigenvalue weighted by atomic mass is 35.5. The molecule has 1 saturated heterocycles. The lowest BCUT2D eigenvalue weighted by Crippen LogP contribution is -2.51. The Labute approximate surface area is 205 Å². The maximum absolute atomic E-state index is 12.5. The van der Waals surface area contributed by atoms with Gasteiger partial charge in [0.2, 0.25) is 5.91 Å². The van der Waals surface area contributed by atoms with Gasteiger partial charge in [0.15, 0.2) is 4.80 Å². The van der Waals surface area contributed by atoms with E-state index in [1.807, 2.05) is 16.7 Å². The van der Waals surface area contributed by atoms with E-state index in [4.69, 9.17) is 21.1 Å². The van der Waals surface area contributed by atoms with Crippen LogP contribution in [0.25, 0.3) is 10.2 Å². The Morgan fingerprint density at radius 3 is 2.58 bits per heavy atom. The molecule has 1 aliphatic heterocycles. The van der Waals surface area contributed by atoms with Crippen LogP contribution in [0.15, 0.2) is 23.2 Å². The minimum atomic E-state index is -0.350. The summed E-state index contributed by atoms with van der Waals surface area (Å²) in [7, 11) is 1.62. The molecule has 12 heteroatoms. The zero-order valence-electron chi connectivity index (χ0n) is 18.6. The average Bonchev–Trinajstić information content (AvgIpc) is 3.13. The number of thioether (sulfide) groups is 1. The van der Waals surface area contributed by atoms with E-state index in [1.165, 1.54) is 23.1 Å². The number of rotatable bonds is 8. The zero-order valence-corrected chi connectivity index (χ0v) is 21.0. The summed E-state index contributed by atoms with van der Waals surface area (Å²) in [5.74, 6) is -0.0630. The first-order chi connectivity index (χ1) is 15.9. The fourth-order valence-electron chi connectivity index (χ4n) is 3.34. The molecule has 0 radical (unpaired) electrons. The van der Waals surface area contributed by atoms with Gasteiger partial charge in [0, 0.05) is 44.9 Å². The number of nitrogens with zero attached hydrogens (tertiary/aromatic N) is 4. The number of carbonyl (C=O) groups excluding carboxylic acids is 3. The van der Waals surface area contributed by atoms with E-state index in [0.29, 0.717) is 55.8 Å². The van der Waals surface area contributed by atoms with Crippen molar-refractivity contribution >= 4 is 62.8 Å². The van der Waals surface area contributed by atoms with Crippen molar-refractivity contribution in [3.05, 3.63) is 28.0 Å². The van der Waals surface area contributed by atoms with Gasteiger partial charge in [0.1, 0.15) is 0 Å². The van der Waals surface area contributed by atoms with Crippen molar-refractivity contribution in [1.82, 2.24) is 14.4 Å². The van der Waals surface area contributed by atoms with E-state index in [9.17, 15) is 14.4 Å². The molecule has 0 bridgehead atoms. The third kappa shape index (κ3) is 6.95. The third-order valence-corrected chi connectivity index (χ3v) is 7.17. The lowest BCUT2D eigenvalue weighted by molar-refractivity contribution is -0.129. The number of hydrogen-bond donors (Lipinski definition) is 0. The van der Waals surface area contributed by atoms with E-state index < -0.39 is 0 Å². The fourth-order valence-corrected chi connectivity index (χ4v) is 5.39. The number of halogens is 1. The number of amides is 3. The number of ether oxygens (including phenoxy) is 2. The zero-order chi connectivity index (χ0) is 23.8. The number of carbonyl (C=O) groups is 3. The van der Waals surface area contributed by atoms with Crippen LogP contribution in [0.4, 0.5) is 4.79 Å². The Bertz CT molecular complexity index is 1060. The number of thiazole rings is 1. The van der Waals surface area contributed by atoms with Crippen molar-refractivity contribution in [3.63, 3.8) is 0 Å². The second kappa shape index (κ2) is 12.4. The van der Waals surface area contributed by atoms with Gasteiger partial charge in [-0.2, -0.15) is 4.99 Å². The van der Waals surface area contributed by atoms with E-state index in [2.05, 4.69) is 4.99 Å². The molecular formula is C21H27ClN4O5S2. The van der Waals surface area contributed by atoms with Gasteiger partial charge in [-0.3, -0.25) is 9.59 Å². The van der Waals surface area contributed by atoms with E-state index >= 15 is 0 Å². The first kappa shape index (κ1) is 25.5. The predicted molar refractivity (Wildman–Crippen MR) is 130 cm³/mol. The van der Waals surface area contributed by atoms with Crippen molar-refractivity contribution in [2.75, 3.05) is 58.0 Å². The topological polar surface area (TPSA) is 93.4 Å². The number of aromatic nitrogens is 1. The van der Waals surface area contributed by atoms with Crippen molar-refractivity contribution < 1.29 is 23.9 Å².